The summed E-state index contributed by atoms with van der Waals surface area (Å²) in [5, 5.41) is 3.25. The number of carbonyl (C=O) groups excluding carboxylic acids is 1. The normalized spacial score (nSPS) is 11.4. The summed E-state index contributed by atoms with van der Waals surface area (Å²) in [5.74, 6) is -0.616. The highest BCUT2D eigenvalue weighted by atomic mass is 35.5. The van der Waals surface area contributed by atoms with E-state index in [1.54, 1.807) is 19.1 Å². The maximum Gasteiger partial charge on any atom is 0.338 e. The quantitative estimate of drug-likeness (QED) is 0.563. The third kappa shape index (κ3) is 4.96. The Bertz CT molecular complexity index is 1080. The van der Waals surface area contributed by atoms with Crippen molar-refractivity contribution in [1.82, 2.24) is 9.71 Å². The minimum absolute atomic E-state index is 0.00683. The molecule has 6 nitrogen and oxygen atoms in total. The van der Waals surface area contributed by atoms with E-state index in [-0.39, 0.29) is 23.6 Å². The molecule has 1 aromatic heterocycles. The second-order valence-electron chi connectivity index (χ2n) is 5.76. The van der Waals surface area contributed by atoms with E-state index in [1.807, 2.05) is 17.5 Å². The molecule has 9 heteroatoms. The zero-order valence-corrected chi connectivity index (χ0v) is 17.3. The molecule has 3 aromatic rings. The lowest BCUT2D eigenvalue weighted by molar-refractivity contribution is 0.0468. The van der Waals surface area contributed by atoms with Gasteiger partial charge in [0.1, 0.15) is 11.6 Å². The van der Waals surface area contributed by atoms with Crippen molar-refractivity contribution in [2.75, 3.05) is 6.54 Å². The van der Waals surface area contributed by atoms with E-state index in [2.05, 4.69) is 9.71 Å². The van der Waals surface area contributed by atoms with Gasteiger partial charge in [0.15, 0.2) is 0 Å². The summed E-state index contributed by atoms with van der Waals surface area (Å²) in [5.41, 5.74) is 1.69. The number of ether oxygens (including phenoxy) is 1. The predicted molar refractivity (Wildman–Crippen MR) is 109 cm³/mol. The monoisotopic (exact) mass is 436 g/mol. The SMILES string of the molecule is CCNS(=O)(=O)c1cccc(C(=O)OCc2csc(-c3ccc(Cl)cc3)n2)c1. The van der Waals surface area contributed by atoms with Gasteiger partial charge in [0.25, 0.3) is 0 Å². The van der Waals surface area contributed by atoms with Crippen molar-refractivity contribution in [1.29, 1.82) is 0 Å². The molecule has 0 fully saturated rings. The average Bonchev–Trinajstić information content (AvgIpc) is 3.16. The van der Waals surface area contributed by atoms with Crippen molar-refractivity contribution < 1.29 is 17.9 Å². The van der Waals surface area contributed by atoms with Crippen molar-refractivity contribution in [2.45, 2.75) is 18.4 Å². The van der Waals surface area contributed by atoms with Crippen LogP contribution in [0.15, 0.2) is 58.8 Å². The van der Waals surface area contributed by atoms with E-state index in [4.69, 9.17) is 16.3 Å². The molecule has 0 saturated heterocycles. The summed E-state index contributed by atoms with van der Waals surface area (Å²) in [6.45, 7) is 1.94. The maximum absolute atomic E-state index is 12.3. The minimum atomic E-state index is -3.64. The fourth-order valence-corrected chi connectivity index (χ4v) is 4.41. The van der Waals surface area contributed by atoms with Crippen LogP contribution in [0.1, 0.15) is 23.0 Å². The summed E-state index contributed by atoms with van der Waals surface area (Å²) in [4.78, 5) is 16.8. The van der Waals surface area contributed by atoms with Gasteiger partial charge in [-0.1, -0.05) is 36.7 Å². The van der Waals surface area contributed by atoms with Gasteiger partial charge in [-0.05, 0) is 30.3 Å². The Labute approximate surface area is 172 Å². The van der Waals surface area contributed by atoms with Crippen LogP contribution in [-0.4, -0.2) is 25.9 Å². The van der Waals surface area contributed by atoms with Gasteiger partial charge < -0.3 is 4.74 Å². The highest BCUT2D eigenvalue weighted by molar-refractivity contribution is 7.89. The van der Waals surface area contributed by atoms with Crippen molar-refractivity contribution in [3.05, 3.63) is 70.2 Å². The van der Waals surface area contributed by atoms with Crippen LogP contribution in [0.4, 0.5) is 0 Å². The third-order valence-electron chi connectivity index (χ3n) is 3.71. The summed E-state index contributed by atoms with van der Waals surface area (Å²) in [7, 11) is -3.64. The lowest BCUT2D eigenvalue weighted by atomic mass is 10.2. The molecule has 1 N–H and O–H groups in total. The highest BCUT2D eigenvalue weighted by Gasteiger charge is 2.16. The molecule has 0 aliphatic rings. The molecule has 0 amide bonds. The van der Waals surface area contributed by atoms with Gasteiger partial charge in [0, 0.05) is 22.5 Å². The molecule has 3 rings (SSSR count). The second-order valence-corrected chi connectivity index (χ2v) is 8.82. The highest BCUT2D eigenvalue weighted by Crippen LogP contribution is 2.25. The van der Waals surface area contributed by atoms with Gasteiger partial charge >= 0.3 is 5.97 Å². The van der Waals surface area contributed by atoms with E-state index >= 15 is 0 Å². The number of halogens is 1. The number of rotatable bonds is 7. The van der Waals surface area contributed by atoms with Gasteiger partial charge in [-0.25, -0.2) is 22.9 Å². The van der Waals surface area contributed by atoms with Crippen LogP contribution in [0, 0.1) is 0 Å². The Balaban J connectivity index is 1.67. The largest absolute Gasteiger partial charge is 0.456 e. The molecule has 0 aliphatic carbocycles. The van der Waals surface area contributed by atoms with Crippen molar-refractivity contribution in [3.8, 4) is 10.6 Å². The zero-order chi connectivity index (χ0) is 20.1. The first-order valence-corrected chi connectivity index (χ1v) is 11.1. The number of carbonyl (C=O) groups is 1. The average molecular weight is 437 g/mol. The number of aromatic nitrogens is 1. The van der Waals surface area contributed by atoms with Crippen molar-refractivity contribution in [2.24, 2.45) is 0 Å². The minimum Gasteiger partial charge on any atom is -0.456 e. The van der Waals surface area contributed by atoms with E-state index in [1.165, 1.54) is 35.6 Å². The van der Waals surface area contributed by atoms with E-state index in [0.29, 0.717) is 10.7 Å². The van der Waals surface area contributed by atoms with Crippen LogP contribution in [0.3, 0.4) is 0 Å². The molecule has 0 saturated carbocycles. The fourth-order valence-electron chi connectivity index (χ4n) is 2.38. The number of nitrogens with zero attached hydrogens (tertiary/aromatic N) is 1. The third-order valence-corrected chi connectivity index (χ3v) is 6.44. The van der Waals surface area contributed by atoms with E-state index in [0.717, 1.165) is 10.6 Å². The molecular weight excluding hydrogens is 420 g/mol. The number of esters is 1. The number of hydrogen-bond donors (Lipinski definition) is 1. The van der Waals surface area contributed by atoms with Crippen LogP contribution in [0.25, 0.3) is 10.6 Å². The first kappa shape index (κ1) is 20.5. The first-order chi connectivity index (χ1) is 13.4. The van der Waals surface area contributed by atoms with Crippen molar-refractivity contribution in [3.63, 3.8) is 0 Å². The Morgan fingerprint density at radius 1 is 1.21 bits per heavy atom. The van der Waals surface area contributed by atoms with Gasteiger partial charge in [-0.2, -0.15) is 0 Å². The summed E-state index contributed by atoms with van der Waals surface area (Å²) in [6, 6.07) is 13.0. The Morgan fingerprint density at radius 3 is 2.68 bits per heavy atom. The summed E-state index contributed by atoms with van der Waals surface area (Å²) >= 11 is 7.32. The molecule has 146 valence electrons. The molecule has 0 radical (unpaired) electrons. The topological polar surface area (TPSA) is 85.4 Å². The van der Waals surface area contributed by atoms with Gasteiger partial charge in [0.05, 0.1) is 16.2 Å². The Kier molecular flexibility index (Phi) is 6.46. The smallest absolute Gasteiger partial charge is 0.338 e. The van der Waals surface area contributed by atoms with Gasteiger partial charge in [-0.15, -0.1) is 11.3 Å². The number of nitrogens with one attached hydrogen (secondary N) is 1. The Hall–Kier alpha value is -2.26. The molecule has 0 bridgehead atoms. The van der Waals surface area contributed by atoms with E-state index in [9.17, 15) is 13.2 Å². The summed E-state index contributed by atoms with van der Waals surface area (Å²) < 4.78 is 31.8. The summed E-state index contributed by atoms with van der Waals surface area (Å²) in [6.07, 6.45) is 0. The number of thiazole rings is 1. The number of benzene rings is 2. The van der Waals surface area contributed by atoms with Crippen LogP contribution in [0.2, 0.25) is 5.02 Å². The Morgan fingerprint density at radius 2 is 1.96 bits per heavy atom. The molecule has 0 atom stereocenters. The lowest BCUT2D eigenvalue weighted by Crippen LogP contribution is -2.23. The molecule has 0 aliphatic heterocycles. The van der Waals surface area contributed by atoms with Crippen LogP contribution in [-0.2, 0) is 21.4 Å². The van der Waals surface area contributed by atoms with Crippen LogP contribution in [0.5, 0.6) is 0 Å². The van der Waals surface area contributed by atoms with E-state index < -0.39 is 16.0 Å². The standard InChI is InChI=1S/C19H17ClN2O4S2/c1-2-21-28(24,25)17-5-3-4-14(10-17)19(23)26-11-16-12-27-18(22-16)13-6-8-15(20)9-7-13/h3-10,12,21H,2,11H2,1H3. The molecule has 0 spiro atoms. The molecule has 2 aromatic carbocycles. The van der Waals surface area contributed by atoms with Gasteiger partial charge in [-0.3, -0.25) is 0 Å². The zero-order valence-electron chi connectivity index (χ0n) is 14.9. The second kappa shape index (κ2) is 8.83. The maximum atomic E-state index is 12.3. The molecular formula is C19H17ClN2O4S2. The van der Waals surface area contributed by atoms with Crippen molar-refractivity contribution >= 4 is 38.9 Å². The molecule has 28 heavy (non-hydrogen) atoms. The fraction of sp³-hybridized carbons (Fsp3) is 0.158. The lowest BCUT2D eigenvalue weighted by Gasteiger charge is -2.07. The van der Waals surface area contributed by atoms with Crippen LogP contribution < -0.4 is 4.72 Å². The van der Waals surface area contributed by atoms with Gasteiger partial charge in [0.2, 0.25) is 10.0 Å². The molecule has 1 heterocycles. The predicted octanol–water partition coefficient (Wildman–Crippen LogP) is 4.12. The number of sulfonamides is 1. The first-order valence-electron chi connectivity index (χ1n) is 8.36. The number of hydrogen-bond acceptors (Lipinski definition) is 6. The molecule has 0 unspecified atom stereocenters. The van der Waals surface area contributed by atoms with Crippen LogP contribution >= 0.6 is 22.9 Å².